The van der Waals surface area contributed by atoms with Crippen LogP contribution >= 0.6 is 0 Å². The predicted octanol–water partition coefficient (Wildman–Crippen LogP) is 4.08. The van der Waals surface area contributed by atoms with Gasteiger partial charge in [0, 0.05) is 17.3 Å². The van der Waals surface area contributed by atoms with E-state index in [0.29, 0.717) is 11.3 Å². The van der Waals surface area contributed by atoms with Crippen molar-refractivity contribution in [2.45, 2.75) is 45.1 Å². The smallest absolute Gasteiger partial charge is 0.258 e. The lowest BCUT2D eigenvalue weighted by molar-refractivity contribution is -0.124. The Balaban J connectivity index is 1.47. The van der Waals surface area contributed by atoms with Crippen molar-refractivity contribution < 1.29 is 14.3 Å². The van der Waals surface area contributed by atoms with Gasteiger partial charge in [-0.05, 0) is 56.2 Å². The summed E-state index contributed by atoms with van der Waals surface area (Å²) in [5, 5.41) is 5.88. The summed E-state index contributed by atoms with van der Waals surface area (Å²) in [7, 11) is 0. The van der Waals surface area contributed by atoms with Gasteiger partial charge >= 0.3 is 0 Å². The fourth-order valence-electron chi connectivity index (χ4n) is 3.21. The quantitative estimate of drug-likeness (QED) is 0.810. The molecule has 0 atom stereocenters. The third-order valence-corrected chi connectivity index (χ3v) is 4.77. The van der Waals surface area contributed by atoms with Crippen LogP contribution in [-0.4, -0.2) is 24.5 Å². The van der Waals surface area contributed by atoms with Crippen LogP contribution in [0.4, 0.5) is 5.69 Å². The third-order valence-electron chi connectivity index (χ3n) is 4.77. The van der Waals surface area contributed by atoms with E-state index in [1.54, 1.807) is 24.3 Å². The lowest BCUT2D eigenvalue weighted by Crippen LogP contribution is -2.38. The largest absolute Gasteiger partial charge is 0.484 e. The molecule has 2 aromatic rings. The Morgan fingerprint density at radius 2 is 1.63 bits per heavy atom. The molecule has 0 aromatic heterocycles. The molecule has 0 aliphatic heterocycles. The Morgan fingerprint density at radius 3 is 2.30 bits per heavy atom. The molecule has 0 bridgehead atoms. The van der Waals surface area contributed by atoms with Gasteiger partial charge in [0.25, 0.3) is 11.8 Å². The first kappa shape index (κ1) is 19.0. The van der Waals surface area contributed by atoms with E-state index < -0.39 is 0 Å². The predicted molar refractivity (Wildman–Crippen MR) is 106 cm³/mol. The van der Waals surface area contributed by atoms with Gasteiger partial charge in [-0.1, -0.05) is 37.0 Å². The SMILES string of the molecule is Cc1ccc(NC(=O)c2ccc(OCC(=O)NC3CCCCC3)cc2)cc1. The molecule has 1 aliphatic rings. The van der Waals surface area contributed by atoms with Gasteiger partial charge in [-0.2, -0.15) is 0 Å². The Hall–Kier alpha value is -2.82. The lowest BCUT2D eigenvalue weighted by Gasteiger charge is -2.22. The average Bonchev–Trinajstić information content (AvgIpc) is 2.69. The zero-order valence-electron chi connectivity index (χ0n) is 15.7. The van der Waals surface area contributed by atoms with Gasteiger partial charge in [-0.25, -0.2) is 0 Å². The number of rotatable bonds is 6. The molecule has 0 unspecified atom stereocenters. The van der Waals surface area contributed by atoms with Gasteiger partial charge < -0.3 is 15.4 Å². The van der Waals surface area contributed by atoms with Crippen LogP contribution in [0, 0.1) is 6.92 Å². The zero-order chi connectivity index (χ0) is 19.1. The van der Waals surface area contributed by atoms with Gasteiger partial charge in [0.1, 0.15) is 5.75 Å². The minimum Gasteiger partial charge on any atom is -0.484 e. The maximum Gasteiger partial charge on any atom is 0.258 e. The highest BCUT2D eigenvalue weighted by atomic mass is 16.5. The summed E-state index contributed by atoms with van der Waals surface area (Å²) < 4.78 is 5.53. The molecular formula is C22H26N2O3. The fraction of sp³-hybridized carbons (Fsp3) is 0.364. The fourth-order valence-corrected chi connectivity index (χ4v) is 3.21. The van der Waals surface area contributed by atoms with E-state index in [1.807, 2.05) is 31.2 Å². The van der Waals surface area contributed by atoms with Gasteiger partial charge in [-0.3, -0.25) is 9.59 Å². The average molecular weight is 366 g/mol. The summed E-state index contributed by atoms with van der Waals surface area (Å²) in [6.45, 7) is 1.99. The minimum absolute atomic E-state index is 0.00852. The van der Waals surface area contributed by atoms with E-state index in [9.17, 15) is 9.59 Å². The summed E-state index contributed by atoms with van der Waals surface area (Å²) in [4.78, 5) is 24.3. The molecule has 2 amide bonds. The summed E-state index contributed by atoms with van der Waals surface area (Å²) in [5.41, 5.74) is 2.43. The molecule has 3 rings (SSSR count). The molecule has 5 nitrogen and oxygen atoms in total. The van der Waals surface area contributed by atoms with Crippen molar-refractivity contribution in [3.05, 3.63) is 59.7 Å². The molecule has 5 heteroatoms. The molecule has 1 aliphatic carbocycles. The molecule has 27 heavy (non-hydrogen) atoms. The standard InChI is InChI=1S/C22H26N2O3/c1-16-7-11-19(12-8-16)24-22(26)17-9-13-20(14-10-17)27-15-21(25)23-18-5-3-2-4-6-18/h7-14,18H,2-6,15H2,1H3,(H,23,25)(H,24,26). The van der Waals surface area contributed by atoms with Crippen molar-refractivity contribution in [1.29, 1.82) is 0 Å². The number of carbonyl (C=O) groups excluding carboxylic acids is 2. The van der Waals surface area contributed by atoms with Crippen LogP contribution in [-0.2, 0) is 4.79 Å². The highest BCUT2D eigenvalue weighted by Crippen LogP contribution is 2.18. The second kappa shape index (κ2) is 9.21. The molecule has 2 aromatic carbocycles. The number of aryl methyl sites for hydroxylation is 1. The summed E-state index contributed by atoms with van der Waals surface area (Å²) >= 11 is 0. The highest BCUT2D eigenvalue weighted by molar-refractivity contribution is 6.04. The van der Waals surface area contributed by atoms with Crippen molar-refractivity contribution in [2.24, 2.45) is 0 Å². The third kappa shape index (κ3) is 5.84. The van der Waals surface area contributed by atoms with Crippen molar-refractivity contribution in [1.82, 2.24) is 5.32 Å². The summed E-state index contributed by atoms with van der Waals surface area (Å²) in [6, 6.07) is 14.7. The van der Waals surface area contributed by atoms with Crippen LogP contribution in [0.3, 0.4) is 0 Å². The number of hydrogen-bond acceptors (Lipinski definition) is 3. The maximum atomic E-state index is 12.3. The Kier molecular flexibility index (Phi) is 6.47. The Morgan fingerprint density at radius 1 is 0.963 bits per heavy atom. The number of benzene rings is 2. The molecular weight excluding hydrogens is 340 g/mol. The van der Waals surface area contributed by atoms with Gasteiger partial charge in [0.05, 0.1) is 0 Å². The minimum atomic E-state index is -0.180. The van der Waals surface area contributed by atoms with Gasteiger partial charge in [0.15, 0.2) is 6.61 Å². The maximum absolute atomic E-state index is 12.3. The van der Waals surface area contributed by atoms with Crippen molar-refractivity contribution in [3.63, 3.8) is 0 Å². The summed E-state index contributed by atoms with van der Waals surface area (Å²) in [5.74, 6) is 0.296. The van der Waals surface area contributed by atoms with E-state index in [2.05, 4.69) is 10.6 Å². The van der Waals surface area contributed by atoms with Crippen LogP contribution in [0.25, 0.3) is 0 Å². The van der Waals surface area contributed by atoms with E-state index in [4.69, 9.17) is 4.74 Å². The number of carbonyl (C=O) groups is 2. The number of hydrogen-bond donors (Lipinski definition) is 2. The molecule has 2 N–H and O–H groups in total. The summed E-state index contributed by atoms with van der Waals surface area (Å²) in [6.07, 6.45) is 5.72. The molecule has 0 saturated heterocycles. The van der Waals surface area contributed by atoms with E-state index in [0.717, 1.165) is 24.1 Å². The first-order chi connectivity index (χ1) is 13.1. The molecule has 142 valence electrons. The first-order valence-corrected chi connectivity index (χ1v) is 9.50. The highest BCUT2D eigenvalue weighted by Gasteiger charge is 2.15. The topological polar surface area (TPSA) is 67.4 Å². The van der Waals surface area contributed by atoms with Gasteiger partial charge in [0.2, 0.25) is 0 Å². The molecule has 0 spiro atoms. The van der Waals surface area contributed by atoms with Crippen LogP contribution < -0.4 is 15.4 Å². The first-order valence-electron chi connectivity index (χ1n) is 9.50. The van der Waals surface area contributed by atoms with E-state index in [1.165, 1.54) is 19.3 Å². The monoisotopic (exact) mass is 366 g/mol. The Labute approximate surface area is 160 Å². The number of amides is 2. The second-order valence-corrected chi connectivity index (χ2v) is 7.04. The van der Waals surface area contributed by atoms with Crippen LogP contribution in [0.2, 0.25) is 0 Å². The number of ether oxygens (including phenoxy) is 1. The van der Waals surface area contributed by atoms with Crippen LogP contribution in [0.15, 0.2) is 48.5 Å². The van der Waals surface area contributed by atoms with E-state index >= 15 is 0 Å². The number of nitrogens with one attached hydrogen (secondary N) is 2. The normalized spacial score (nSPS) is 14.4. The van der Waals surface area contributed by atoms with Gasteiger partial charge in [-0.15, -0.1) is 0 Å². The molecule has 0 radical (unpaired) electrons. The molecule has 1 fully saturated rings. The van der Waals surface area contributed by atoms with Crippen molar-refractivity contribution >= 4 is 17.5 Å². The lowest BCUT2D eigenvalue weighted by atomic mass is 9.95. The number of anilines is 1. The van der Waals surface area contributed by atoms with Crippen LogP contribution in [0.5, 0.6) is 5.75 Å². The zero-order valence-corrected chi connectivity index (χ0v) is 15.7. The molecule has 1 saturated carbocycles. The van der Waals surface area contributed by atoms with Crippen molar-refractivity contribution in [2.75, 3.05) is 11.9 Å². The Bertz CT molecular complexity index is 763. The molecule has 0 heterocycles. The second-order valence-electron chi connectivity index (χ2n) is 7.04. The van der Waals surface area contributed by atoms with Crippen LogP contribution in [0.1, 0.15) is 48.0 Å². The van der Waals surface area contributed by atoms with E-state index in [-0.39, 0.29) is 24.5 Å². The van der Waals surface area contributed by atoms with Crippen molar-refractivity contribution in [3.8, 4) is 5.75 Å².